The molecule has 0 spiro atoms. The largest absolute Gasteiger partial charge is 0.489 e. The maximum absolute atomic E-state index is 6.19. The van der Waals surface area contributed by atoms with Gasteiger partial charge in [0.2, 0.25) is 0 Å². The van der Waals surface area contributed by atoms with Gasteiger partial charge < -0.3 is 15.0 Å². The normalized spacial score (nSPS) is 14.5. The number of nitrogens with zero attached hydrogens (tertiary/aromatic N) is 4. The second-order valence-electron chi connectivity index (χ2n) is 9.03. The third kappa shape index (κ3) is 4.25. The van der Waals surface area contributed by atoms with E-state index in [1.165, 1.54) is 11.3 Å². The molecule has 7 rings (SSSR count). The molecule has 1 fully saturated rings. The number of aromatic nitrogens is 6. The van der Waals surface area contributed by atoms with Crippen LogP contribution in [0, 0.1) is 0 Å². The van der Waals surface area contributed by atoms with E-state index in [0.717, 1.165) is 79.8 Å². The number of nitrogens with one attached hydrogen (secondary N) is 3. The first-order valence-electron chi connectivity index (χ1n) is 12.1. The van der Waals surface area contributed by atoms with Crippen molar-refractivity contribution in [1.82, 2.24) is 35.5 Å². The molecule has 1 aromatic carbocycles. The molecule has 10 heteroatoms. The Labute approximate surface area is 221 Å². The van der Waals surface area contributed by atoms with Gasteiger partial charge in [-0.2, -0.15) is 5.10 Å². The lowest BCUT2D eigenvalue weighted by Gasteiger charge is -2.23. The molecule has 1 aliphatic rings. The minimum absolute atomic E-state index is 0.206. The van der Waals surface area contributed by atoms with E-state index in [2.05, 4.69) is 31.5 Å². The second kappa shape index (κ2) is 9.26. The second-order valence-corrected chi connectivity index (χ2v) is 10.7. The molecule has 0 atom stereocenters. The molecule has 1 saturated heterocycles. The average molecular weight is 528 g/mol. The summed E-state index contributed by atoms with van der Waals surface area (Å²) in [7, 11) is 0. The molecule has 0 aliphatic carbocycles. The molecule has 0 saturated carbocycles. The maximum Gasteiger partial charge on any atom is 0.161 e. The summed E-state index contributed by atoms with van der Waals surface area (Å²) in [6.07, 6.45) is 5.76. The quantitative estimate of drug-likeness (QED) is 0.251. The number of ether oxygens (including phenoxy) is 1. The Bertz CT molecular complexity index is 1730. The fraction of sp³-hybridized carbons (Fsp3) is 0.185. The predicted octanol–water partition coefficient (Wildman–Crippen LogP) is 6.08. The summed E-state index contributed by atoms with van der Waals surface area (Å²) in [4.78, 5) is 18.8. The van der Waals surface area contributed by atoms with Gasteiger partial charge in [-0.1, -0.05) is 23.7 Å². The van der Waals surface area contributed by atoms with Crippen molar-refractivity contribution in [2.75, 3.05) is 13.1 Å². The summed E-state index contributed by atoms with van der Waals surface area (Å²) in [6.45, 7) is 1.95. The van der Waals surface area contributed by atoms with Gasteiger partial charge in [-0.3, -0.25) is 10.1 Å². The third-order valence-electron chi connectivity index (χ3n) is 6.58. The number of hydrogen-bond donors (Lipinski definition) is 3. The molecule has 6 heterocycles. The van der Waals surface area contributed by atoms with Gasteiger partial charge in [0.05, 0.1) is 32.8 Å². The van der Waals surface area contributed by atoms with E-state index in [0.29, 0.717) is 11.5 Å². The minimum atomic E-state index is 0.206. The fourth-order valence-corrected chi connectivity index (χ4v) is 5.83. The van der Waals surface area contributed by atoms with Crippen LogP contribution in [0.1, 0.15) is 12.8 Å². The van der Waals surface area contributed by atoms with Gasteiger partial charge in [0.25, 0.3) is 0 Å². The van der Waals surface area contributed by atoms with Crippen LogP contribution in [-0.2, 0) is 0 Å². The lowest BCUT2D eigenvalue weighted by molar-refractivity contribution is 0.162. The number of hydrogen-bond acceptors (Lipinski definition) is 7. The van der Waals surface area contributed by atoms with Crippen LogP contribution < -0.4 is 10.1 Å². The zero-order valence-corrected chi connectivity index (χ0v) is 21.2. The summed E-state index contributed by atoms with van der Waals surface area (Å²) in [5.41, 5.74) is 6.75. The van der Waals surface area contributed by atoms with Crippen molar-refractivity contribution in [2.24, 2.45) is 0 Å². The molecule has 3 N–H and O–H groups in total. The molecule has 8 nitrogen and oxygen atoms in total. The minimum Gasteiger partial charge on any atom is -0.489 e. The van der Waals surface area contributed by atoms with Crippen molar-refractivity contribution in [2.45, 2.75) is 18.9 Å². The standard InChI is InChI=1S/C27H22ClN7OS/c28-23-7-6-22(37-23)18-2-1-3-20-24(18)33-27(32-20)26-25-21(34-35-26)5-4-19(31-25)15-12-17(14-30-13-15)36-16-8-10-29-11-9-16/h1-7,12-14,16,29H,8-11H2,(H,32,33)(H,34,35). The first-order chi connectivity index (χ1) is 18.2. The van der Waals surface area contributed by atoms with E-state index in [4.69, 9.17) is 26.3 Å². The maximum atomic E-state index is 6.19. The van der Waals surface area contributed by atoms with Crippen LogP contribution in [0.25, 0.3) is 55.3 Å². The zero-order chi connectivity index (χ0) is 24.8. The molecule has 0 bridgehead atoms. The molecule has 184 valence electrons. The van der Waals surface area contributed by atoms with Crippen molar-refractivity contribution < 1.29 is 4.74 Å². The number of pyridine rings is 2. The molecular formula is C27H22ClN7OS. The van der Waals surface area contributed by atoms with E-state index in [1.807, 2.05) is 48.7 Å². The van der Waals surface area contributed by atoms with Crippen molar-refractivity contribution in [3.05, 3.63) is 65.3 Å². The van der Waals surface area contributed by atoms with Crippen LogP contribution in [0.3, 0.4) is 0 Å². The van der Waals surface area contributed by atoms with Gasteiger partial charge in [-0.25, -0.2) is 9.97 Å². The molecule has 37 heavy (non-hydrogen) atoms. The van der Waals surface area contributed by atoms with Crippen LogP contribution in [0.15, 0.2) is 60.9 Å². The number of imidazole rings is 1. The van der Waals surface area contributed by atoms with Crippen molar-refractivity contribution >= 4 is 45.0 Å². The summed E-state index contributed by atoms with van der Waals surface area (Å²) in [6, 6.07) is 16.0. The summed E-state index contributed by atoms with van der Waals surface area (Å²) in [5.74, 6) is 1.42. The highest BCUT2D eigenvalue weighted by molar-refractivity contribution is 7.19. The highest BCUT2D eigenvalue weighted by Gasteiger charge is 2.18. The van der Waals surface area contributed by atoms with Gasteiger partial charge in [0.15, 0.2) is 11.5 Å². The van der Waals surface area contributed by atoms with Crippen LogP contribution in [0.4, 0.5) is 0 Å². The van der Waals surface area contributed by atoms with Crippen LogP contribution >= 0.6 is 22.9 Å². The number of para-hydroxylation sites is 1. The first-order valence-corrected chi connectivity index (χ1v) is 13.3. The number of fused-ring (bicyclic) bond motifs is 2. The van der Waals surface area contributed by atoms with Crippen LogP contribution in [0.5, 0.6) is 5.75 Å². The lowest BCUT2D eigenvalue weighted by Crippen LogP contribution is -2.34. The smallest absolute Gasteiger partial charge is 0.161 e. The van der Waals surface area contributed by atoms with Crippen LogP contribution in [0.2, 0.25) is 4.34 Å². The van der Waals surface area contributed by atoms with Gasteiger partial charge in [-0.05, 0) is 62.3 Å². The average Bonchev–Trinajstić information content (AvgIpc) is 3.66. The molecule has 1 aliphatic heterocycles. The highest BCUT2D eigenvalue weighted by Crippen LogP contribution is 2.36. The number of aromatic amines is 2. The fourth-order valence-electron chi connectivity index (χ4n) is 4.76. The van der Waals surface area contributed by atoms with Gasteiger partial charge in [-0.15, -0.1) is 11.3 Å². The van der Waals surface area contributed by atoms with Crippen molar-refractivity contribution in [3.8, 4) is 39.0 Å². The summed E-state index contributed by atoms with van der Waals surface area (Å²) in [5, 5.41) is 11.0. The predicted molar refractivity (Wildman–Crippen MR) is 147 cm³/mol. The molecular weight excluding hydrogens is 506 g/mol. The molecule has 0 amide bonds. The number of piperidine rings is 1. The van der Waals surface area contributed by atoms with Crippen molar-refractivity contribution in [3.63, 3.8) is 0 Å². The monoisotopic (exact) mass is 527 g/mol. The van der Waals surface area contributed by atoms with E-state index in [-0.39, 0.29) is 6.10 Å². The number of H-pyrrole nitrogens is 2. The Balaban J connectivity index is 1.26. The Morgan fingerprint density at radius 3 is 2.73 bits per heavy atom. The number of halogens is 1. The Morgan fingerprint density at radius 2 is 1.86 bits per heavy atom. The molecule has 6 aromatic rings. The van der Waals surface area contributed by atoms with E-state index in [9.17, 15) is 0 Å². The third-order valence-corrected chi connectivity index (χ3v) is 7.85. The number of rotatable bonds is 5. The molecule has 0 radical (unpaired) electrons. The zero-order valence-electron chi connectivity index (χ0n) is 19.7. The van der Waals surface area contributed by atoms with E-state index >= 15 is 0 Å². The molecule has 0 unspecified atom stereocenters. The Morgan fingerprint density at radius 1 is 0.946 bits per heavy atom. The topological polar surface area (TPSA) is 104 Å². The van der Waals surface area contributed by atoms with Gasteiger partial charge in [0.1, 0.15) is 17.4 Å². The van der Waals surface area contributed by atoms with Crippen molar-refractivity contribution in [1.29, 1.82) is 0 Å². The van der Waals surface area contributed by atoms with E-state index < -0.39 is 0 Å². The summed E-state index contributed by atoms with van der Waals surface area (Å²) >= 11 is 7.72. The first kappa shape index (κ1) is 22.4. The number of thiophene rings is 1. The van der Waals surface area contributed by atoms with Gasteiger partial charge >= 0.3 is 0 Å². The molecule has 5 aromatic heterocycles. The SMILES string of the molecule is Clc1ccc(-c2cccc3[nH]c(-c4n[nH]c5ccc(-c6cncc(OC7CCNCC7)c6)nc45)nc23)s1. The van der Waals surface area contributed by atoms with Crippen LogP contribution in [-0.4, -0.2) is 49.3 Å². The summed E-state index contributed by atoms with van der Waals surface area (Å²) < 4.78 is 6.94. The Kier molecular flexibility index (Phi) is 5.61. The highest BCUT2D eigenvalue weighted by atomic mass is 35.5. The lowest BCUT2D eigenvalue weighted by atomic mass is 10.1. The van der Waals surface area contributed by atoms with E-state index in [1.54, 1.807) is 6.20 Å². The number of benzene rings is 1. The van der Waals surface area contributed by atoms with Gasteiger partial charge in [0, 0.05) is 22.2 Å². The Hall–Kier alpha value is -3.79.